The van der Waals surface area contributed by atoms with E-state index in [9.17, 15) is 0 Å². The van der Waals surface area contributed by atoms with Crippen LogP contribution in [0.25, 0.3) is 0 Å². The molecule has 1 aromatic rings. The Morgan fingerprint density at radius 1 is 1.57 bits per heavy atom. The highest BCUT2D eigenvalue weighted by molar-refractivity contribution is 7.09. The van der Waals surface area contributed by atoms with E-state index in [-0.39, 0.29) is 0 Å². The van der Waals surface area contributed by atoms with E-state index in [2.05, 4.69) is 35.1 Å². The minimum atomic E-state index is 0.660. The maximum absolute atomic E-state index is 3.59. The molecule has 0 radical (unpaired) electrons. The van der Waals surface area contributed by atoms with Crippen LogP contribution in [0.3, 0.4) is 0 Å². The molecule has 0 amide bonds. The van der Waals surface area contributed by atoms with Crippen LogP contribution in [0.2, 0.25) is 0 Å². The van der Waals surface area contributed by atoms with Gasteiger partial charge in [0.05, 0.1) is 0 Å². The minimum Gasteiger partial charge on any atom is -0.313 e. The lowest BCUT2D eigenvalue weighted by Gasteiger charge is -2.28. The molecule has 1 aliphatic rings. The van der Waals surface area contributed by atoms with Crippen LogP contribution in [-0.4, -0.2) is 18.6 Å². The van der Waals surface area contributed by atoms with Crippen molar-refractivity contribution in [1.29, 1.82) is 0 Å². The third kappa shape index (κ3) is 2.80. The van der Waals surface area contributed by atoms with Crippen molar-refractivity contribution in [2.45, 2.75) is 38.4 Å². The number of rotatable bonds is 3. The lowest BCUT2D eigenvalue weighted by molar-refractivity contribution is 0.338. The van der Waals surface area contributed by atoms with Crippen LogP contribution in [-0.2, 0) is 6.54 Å². The van der Waals surface area contributed by atoms with Crippen LogP contribution in [0.5, 0.6) is 0 Å². The molecule has 1 aliphatic heterocycles. The molecule has 2 atom stereocenters. The van der Waals surface area contributed by atoms with Crippen molar-refractivity contribution in [3.05, 3.63) is 22.4 Å². The summed E-state index contributed by atoms with van der Waals surface area (Å²) in [4.78, 5) is 1.43. The van der Waals surface area contributed by atoms with E-state index in [1.165, 1.54) is 17.7 Å². The van der Waals surface area contributed by atoms with Gasteiger partial charge in [0.1, 0.15) is 0 Å². The van der Waals surface area contributed by atoms with Gasteiger partial charge in [0.25, 0.3) is 0 Å². The van der Waals surface area contributed by atoms with Gasteiger partial charge in [0, 0.05) is 30.1 Å². The average molecular weight is 210 g/mol. The molecule has 2 N–H and O–H groups in total. The summed E-state index contributed by atoms with van der Waals surface area (Å²) in [5.41, 5.74) is 0. The Kier molecular flexibility index (Phi) is 3.56. The van der Waals surface area contributed by atoms with E-state index in [4.69, 9.17) is 0 Å². The molecule has 0 spiro atoms. The molecule has 2 rings (SSSR count). The molecule has 2 heterocycles. The maximum atomic E-state index is 3.59. The number of hydrogen-bond acceptors (Lipinski definition) is 3. The highest BCUT2D eigenvalue weighted by atomic mass is 32.1. The van der Waals surface area contributed by atoms with Gasteiger partial charge in [-0.1, -0.05) is 6.07 Å². The molecule has 0 aromatic carbocycles. The van der Waals surface area contributed by atoms with Crippen LogP contribution >= 0.6 is 11.3 Å². The van der Waals surface area contributed by atoms with E-state index in [1.807, 2.05) is 11.3 Å². The minimum absolute atomic E-state index is 0.660. The van der Waals surface area contributed by atoms with Gasteiger partial charge < -0.3 is 10.6 Å². The zero-order chi connectivity index (χ0) is 9.80. The van der Waals surface area contributed by atoms with Gasteiger partial charge >= 0.3 is 0 Å². The van der Waals surface area contributed by atoms with E-state index in [1.54, 1.807) is 0 Å². The SMILES string of the molecule is CC1CCC(NCc2cccs2)CN1. The van der Waals surface area contributed by atoms with E-state index < -0.39 is 0 Å². The second kappa shape index (κ2) is 4.91. The van der Waals surface area contributed by atoms with E-state index >= 15 is 0 Å². The summed E-state index contributed by atoms with van der Waals surface area (Å²) >= 11 is 1.83. The molecule has 0 aliphatic carbocycles. The molecule has 1 saturated heterocycles. The second-order valence-electron chi connectivity index (χ2n) is 4.04. The number of thiophene rings is 1. The van der Waals surface area contributed by atoms with Gasteiger partial charge in [-0.15, -0.1) is 11.3 Å². The number of hydrogen-bond donors (Lipinski definition) is 2. The molecule has 0 saturated carbocycles. The van der Waals surface area contributed by atoms with Crippen LogP contribution < -0.4 is 10.6 Å². The third-order valence-corrected chi connectivity index (χ3v) is 3.68. The zero-order valence-corrected chi connectivity index (χ0v) is 9.44. The van der Waals surface area contributed by atoms with Crippen LogP contribution in [0.4, 0.5) is 0 Å². The smallest absolute Gasteiger partial charge is 0.0302 e. The van der Waals surface area contributed by atoms with Crippen molar-refractivity contribution in [2.75, 3.05) is 6.54 Å². The first-order valence-electron chi connectivity index (χ1n) is 5.34. The van der Waals surface area contributed by atoms with Crippen molar-refractivity contribution in [1.82, 2.24) is 10.6 Å². The van der Waals surface area contributed by atoms with Crippen LogP contribution in [0.1, 0.15) is 24.6 Å². The summed E-state index contributed by atoms with van der Waals surface area (Å²) in [6.07, 6.45) is 2.60. The van der Waals surface area contributed by atoms with Crippen molar-refractivity contribution < 1.29 is 0 Å². The van der Waals surface area contributed by atoms with E-state index in [0.29, 0.717) is 12.1 Å². The summed E-state index contributed by atoms with van der Waals surface area (Å²) < 4.78 is 0. The monoisotopic (exact) mass is 210 g/mol. The third-order valence-electron chi connectivity index (χ3n) is 2.81. The molecule has 1 fully saturated rings. The van der Waals surface area contributed by atoms with Gasteiger partial charge in [0.15, 0.2) is 0 Å². The number of piperidine rings is 1. The lowest BCUT2D eigenvalue weighted by Crippen LogP contribution is -2.46. The molecule has 0 bridgehead atoms. The van der Waals surface area contributed by atoms with Crippen molar-refractivity contribution in [3.63, 3.8) is 0 Å². The Morgan fingerprint density at radius 3 is 3.14 bits per heavy atom. The predicted octanol–water partition coefficient (Wildman–Crippen LogP) is 1.98. The fourth-order valence-corrected chi connectivity index (χ4v) is 2.49. The maximum Gasteiger partial charge on any atom is 0.0302 e. The Balaban J connectivity index is 1.71. The largest absolute Gasteiger partial charge is 0.313 e. The molecule has 14 heavy (non-hydrogen) atoms. The molecule has 2 nitrogen and oxygen atoms in total. The Labute approximate surface area is 89.7 Å². The standard InChI is InChI=1S/C11H18N2S/c1-9-4-5-10(7-12-9)13-8-11-3-2-6-14-11/h2-3,6,9-10,12-13H,4-5,7-8H2,1H3. The summed E-state index contributed by atoms with van der Waals surface area (Å²) in [5.74, 6) is 0. The Hall–Kier alpha value is -0.380. The number of nitrogens with one attached hydrogen (secondary N) is 2. The molecule has 78 valence electrons. The summed E-state index contributed by atoms with van der Waals surface area (Å²) in [6.45, 7) is 4.40. The highest BCUT2D eigenvalue weighted by Crippen LogP contribution is 2.11. The van der Waals surface area contributed by atoms with Gasteiger partial charge in [-0.3, -0.25) is 0 Å². The lowest BCUT2D eigenvalue weighted by atomic mass is 10.0. The Bertz CT molecular complexity index is 250. The van der Waals surface area contributed by atoms with Gasteiger partial charge in [-0.2, -0.15) is 0 Å². The van der Waals surface area contributed by atoms with E-state index in [0.717, 1.165) is 13.1 Å². The first kappa shape index (κ1) is 10.1. The predicted molar refractivity (Wildman–Crippen MR) is 61.6 cm³/mol. The fourth-order valence-electron chi connectivity index (χ4n) is 1.83. The summed E-state index contributed by atoms with van der Waals surface area (Å²) in [5, 5.41) is 9.23. The van der Waals surface area contributed by atoms with Crippen molar-refractivity contribution in [3.8, 4) is 0 Å². The first-order chi connectivity index (χ1) is 6.84. The van der Waals surface area contributed by atoms with Gasteiger partial charge in [-0.25, -0.2) is 0 Å². The molecule has 1 aromatic heterocycles. The average Bonchev–Trinajstić information content (AvgIpc) is 2.70. The molecular weight excluding hydrogens is 192 g/mol. The van der Waals surface area contributed by atoms with Crippen molar-refractivity contribution >= 4 is 11.3 Å². The van der Waals surface area contributed by atoms with Gasteiger partial charge in [-0.05, 0) is 31.2 Å². The molecule has 2 unspecified atom stereocenters. The van der Waals surface area contributed by atoms with Gasteiger partial charge in [0.2, 0.25) is 0 Å². The topological polar surface area (TPSA) is 24.1 Å². The second-order valence-corrected chi connectivity index (χ2v) is 5.08. The van der Waals surface area contributed by atoms with Crippen LogP contribution in [0, 0.1) is 0 Å². The zero-order valence-electron chi connectivity index (χ0n) is 8.62. The van der Waals surface area contributed by atoms with Crippen molar-refractivity contribution in [2.24, 2.45) is 0 Å². The summed E-state index contributed by atoms with van der Waals surface area (Å²) in [7, 11) is 0. The summed E-state index contributed by atoms with van der Waals surface area (Å²) in [6, 6.07) is 5.67. The normalized spacial score (nSPS) is 27.8. The quantitative estimate of drug-likeness (QED) is 0.797. The fraction of sp³-hybridized carbons (Fsp3) is 0.636. The molecule has 3 heteroatoms. The first-order valence-corrected chi connectivity index (χ1v) is 6.21. The highest BCUT2D eigenvalue weighted by Gasteiger charge is 2.16. The molecular formula is C11H18N2S. The Morgan fingerprint density at radius 2 is 2.50 bits per heavy atom. The van der Waals surface area contributed by atoms with Crippen LogP contribution in [0.15, 0.2) is 17.5 Å².